The molecule has 2 aliphatic rings. The Kier molecular flexibility index (Phi) is 19.2. The van der Waals surface area contributed by atoms with E-state index >= 15 is 0 Å². The lowest BCUT2D eigenvalue weighted by molar-refractivity contribution is -0.132. The SMILES string of the molecule is COc1cc(C(C)(c2ccc(-c3ccccc3)cc2)c2ccc(CC(=O)/C=C/C(=O)O)c(OC)c2)ccc1CC(=O)/C=C/C(=O)O.COc1cc(C(C)(c2ccc(-c3ccccc3)cc2)c2ccc(N3C(=O)C=CC3=O)c(OC)c2)ccc1N1C(=O)C=CC1=O. The highest BCUT2D eigenvalue weighted by atomic mass is 16.5. The molecule has 2 aliphatic heterocycles. The van der Waals surface area contributed by atoms with Gasteiger partial charge in [0.2, 0.25) is 0 Å². The van der Waals surface area contributed by atoms with Crippen LogP contribution in [0.15, 0.2) is 231 Å². The summed E-state index contributed by atoms with van der Waals surface area (Å²) in [6.07, 6.45) is 8.53. The number of hydrogen-bond donors (Lipinski definition) is 2. The van der Waals surface area contributed by atoms with Crippen molar-refractivity contribution in [3.8, 4) is 45.3 Å². The first-order chi connectivity index (χ1) is 43.3. The van der Waals surface area contributed by atoms with Crippen molar-refractivity contribution in [3.05, 3.63) is 275 Å². The summed E-state index contributed by atoms with van der Waals surface area (Å²) in [5.41, 5.74) is 9.77. The van der Waals surface area contributed by atoms with Gasteiger partial charge in [-0.05, 0) is 118 Å². The average Bonchev–Trinajstić information content (AvgIpc) is 0.772. The van der Waals surface area contributed by atoms with Gasteiger partial charge in [0.05, 0.1) is 39.8 Å². The monoisotopic (exact) mass is 1200 g/mol. The lowest BCUT2D eigenvalue weighted by Crippen LogP contribution is -2.31. The van der Waals surface area contributed by atoms with Crippen LogP contribution < -0.4 is 28.7 Å². The molecule has 90 heavy (non-hydrogen) atoms. The molecular weight excluding hydrogens is 1140 g/mol. The number of carboxylic acid groups (broad SMARTS) is 2. The van der Waals surface area contributed by atoms with Crippen molar-refractivity contribution < 1.29 is 67.5 Å². The zero-order valence-corrected chi connectivity index (χ0v) is 50.0. The van der Waals surface area contributed by atoms with Gasteiger partial charge in [-0.25, -0.2) is 19.4 Å². The van der Waals surface area contributed by atoms with Gasteiger partial charge in [-0.2, -0.15) is 0 Å². The number of benzene rings is 8. The predicted molar refractivity (Wildman–Crippen MR) is 341 cm³/mol. The first-order valence-electron chi connectivity index (χ1n) is 28.3. The van der Waals surface area contributed by atoms with Gasteiger partial charge in [0.15, 0.2) is 11.6 Å². The van der Waals surface area contributed by atoms with Crippen molar-refractivity contribution in [2.75, 3.05) is 38.2 Å². The zero-order chi connectivity index (χ0) is 64.3. The van der Waals surface area contributed by atoms with Gasteiger partial charge in [-0.1, -0.05) is 146 Å². The van der Waals surface area contributed by atoms with Crippen LogP contribution >= 0.6 is 0 Å². The number of nitrogens with zero attached hydrogens (tertiary/aromatic N) is 2. The van der Waals surface area contributed by atoms with E-state index in [1.54, 1.807) is 24.3 Å². The number of carboxylic acids is 2. The number of ether oxygens (including phenoxy) is 4. The van der Waals surface area contributed by atoms with E-state index in [0.29, 0.717) is 45.5 Å². The number of imide groups is 2. The van der Waals surface area contributed by atoms with Gasteiger partial charge < -0.3 is 29.2 Å². The Balaban J connectivity index is 0.000000214. The van der Waals surface area contributed by atoms with E-state index in [4.69, 9.17) is 29.2 Å². The van der Waals surface area contributed by atoms with Gasteiger partial charge >= 0.3 is 11.9 Å². The molecule has 452 valence electrons. The van der Waals surface area contributed by atoms with Gasteiger partial charge in [0.25, 0.3) is 23.6 Å². The number of amides is 4. The van der Waals surface area contributed by atoms with Gasteiger partial charge in [0.1, 0.15) is 23.0 Å². The Morgan fingerprint density at radius 2 is 0.644 bits per heavy atom. The highest BCUT2D eigenvalue weighted by Crippen LogP contribution is 2.47. The molecule has 0 aromatic heterocycles. The lowest BCUT2D eigenvalue weighted by Gasteiger charge is -2.34. The molecule has 8 aromatic carbocycles. The Bertz CT molecular complexity index is 4000. The Morgan fingerprint density at radius 3 is 0.944 bits per heavy atom. The summed E-state index contributed by atoms with van der Waals surface area (Å²) in [5, 5.41) is 17.8. The van der Waals surface area contributed by atoms with Gasteiger partial charge in [-0.3, -0.25) is 28.8 Å². The molecule has 0 bridgehead atoms. The molecule has 0 saturated heterocycles. The van der Waals surface area contributed by atoms with Crippen molar-refractivity contribution in [1.29, 1.82) is 0 Å². The van der Waals surface area contributed by atoms with E-state index in [2.05, 4.69) is 62.4 Å². The molecule has 16 heteroatoms. The van der Waals surface area contributed by atoms with Crippen molar-refractivity contribution in [2.45, 2.75) is 37.5 Å². The Labute approximate surface area is 519 Å². The number of ketones is 2. The highest BCUT2D eigenvalue weighted by molar-refractivity contribution is 6.29. The Hall–Kier alpha value is -11.5. The van der Waals surface area contributed by atoms with Crippen molar-refractivity contribution in [3.63, 3.8) is 0 Å². The first-order valence-corrected chi connectivity index (χ1v) is 28.3. The summed E-state index contributed by atoms with van der Waals surface area (Å²) < 4.78 is 22.8. The summed E-state index contributed by atoms with van der Waals surface area (Å²) in [7, 11) is 6.01. The second-order valence-electron chi connectivity index (χ2n) is 21.3. The first kappa shape index (κ1) is 63.0. The molecule has 2 N–H and O–H groups in total. The van der Waals surface area contributed by atoms with Crippen molar-refractivity contribution >= 4 is 58.5 Å². The molecule has 16 nitrogen and oxygen atoms in total. The van der Waals surface area contributed by atoms with Crippen molar-refractivity contribution in [1.82, 2.24) is 0 Å². The lowest BCUT2D eigenvalue weighted by atomic mass is 9.70. The number of rotatable bonds is 22. The maximum atomic E-state index is 12.5. The minimum atomic E-state index is -1.20. The number of hydrogen-bond acceptors (Lipinski definition) is 12. The smallest absolute Gasteiger partial charge is 0.328 e. The maximum absolute atomic E-state index is 12.5. The van der Waals surface area contributed by atoms with Crippen LogP contribution in [0.25, 0.3) is 22.3 Å². The van der Waals surface area contributed by atoms with E-state index < -0.39 is 46.4 Å². The summed E-state index contributed by atoms with van der Waals surface area (Å²) in [6, 6.07) is 58.5. The fraction of sp³-hybridized carbons (Fsp3) is 0.135. The largest absolute Gasteiger partial charge is 0.496 e. The molecule has 8 aromatic rings. The molecule has 0 fully saturated rings. The van der Waals surface area contributed by atoms with E-state index in [1.165, 1.54) is 52.7 Å². The standard InChI is InChI=1S/C38H34O8.C36H28N2O6/c1-38(29-13-9-26(10-14-29)25-7-5-4-6-8-25,30-15-11-27(34(23-30)45-2)21-32(39)17-19-36(41)42)31-16-12-28(35(24-31)46-3)22-33(40)18-20-37(43)44;1-36(25-11-9-24(10-12-25)23-7-5-4-6-8-23,26-13-15-28(30(21-26)43-2)37-32(39)17-18-33(37)40)27-14-16-29(31(22-27)44-3)38-34(41)19-20-35(38)42/h4-20,23-24H,21-22H2,1-3H3,(H,41,42)(H,43,44);4-22H,1-3H3/b19-17+,20-18+;. The second-order valence-corrected chi connectivity index (χ2v) is 21.3. The number of carbonyl (C=O) groups excluding carboxylic acids is 6. The molecule has 0 saturated carbocycles. The zero-order valence-electron chi connectivity index (χ0n) is 50.0. The van der Waals surface area contributed by atoms with Crippen LogP contribution in [0.1, 0.15) is 58.4 Å². The van der Waals surface area contributed by atoms with E-state index in [9.17, 15) is 38.4 Å². The topological polar surface area (TPSA) is 220 Å². The van der Waals surface area contributed by atoms with E-state index in [-0.39, 0.29) is 24.4 Å². The number of allylic oxidation sites excluding steroid dienone is 2. The molecule has 0 atom stereocenters. The number of aliphatic carboxylic acids is 2. The summed E-state index contributed by atoms with van der Waals surface area (Å²) >= 11 is 0. The quantitative estimate of drug-likeness (QED) is 0.0366. The molecule has 10 rings (SSSR count). The highest BCUT2D eigenvalue weighted by Gasteiger charge is 2.37. The molecule has 0 unspecified atom stereocenters. The van der Waals surface area contributed by atoms with E-state index in [1.807, 2.05) is 109 Å². The molecule has 2 heterocycles. The molecule has 0 aliphatic carbocycles. The normalized spacial score (nSPS) is 13.0. The van der Waals surface area contributed by atoms with Crippen LogP contribution in [0.3, 0.4) is 0 Å². The molecule has 4 amide bonds. The third-order valence-electron chi connectivity index (χ3n) is 16.0. The molecule has 0 spiro atoms. The summed E-state index contributed by atoms with van der Waals surface area (Å²) in [6.45, 7) is 4.11. The van der Waals surface area contributed by atoms with Crippen LogP contribution in [-0.2, 0) is 62.0 Å². The maximum Gasteiger partial charge on any atom is 0.328 e. The Morgan fingerprint density at radius 1 is 0.367 bits per heavy atom. The average molecular weight is 1200 g/mol. The third kappa shape index (κ3) is 13.4. The third-order valence-corrected chi connectivity index (χ3v) is 16.0. The van der Waals surface area contributed by atoms with Crippen LogP contribution in [0.5, 0.6) is 23.0 Å². The molecule has 0 radical (unpaired) electrons. The summed E-state index contributed by atoms with van der Waals surface area (Å²) in [4.78, 5) is 98.7. The number of methoxy groups -OCH3 is 4. The fourth-order valence-corrected chi connectivity index (χ4v) is 11.1. The van der Waals surface area contributed by atoms with Gasteiger partial charge in [-0.15, -0.1) is 0 Å². The van der Waals surface area contributed by atoms with Crippen molar-refractivity contribution in [2.24, 2.45) is 0 Å². The van der Waals surface area contributed by atoms with Crippen LogP contribution in [0.2, 0.25) is 0 Å². The fourth-order valence-electron chi connectivity index (χ4n) is 11.1. The van der Waals surface area contributed by atoms with Crippen LogP contribution in [-0.4, -0.2) is 85.8 Å². The van der Waals surface area contributed by atoms with Gasteiger partial charge in [0, 0.05) is 71.3 Å². The summed E-state index contributed by atoms with van der Waals surface area (Å²) in [5.74, 6) is -3.28. The van der Waals surface area contributed by atoms with Crippen LogP contribution in [0.4, 0.5) is 11.4 Å². The second kappa shape index (κ2) is 27.5. The minimum absolute atomic E-state index is 0.0391. The number of carbonyl (C=O) groups is 8. The number of anilines is 2. The molecular formula is C74H62N2O14. The van der Waals surface area contributed by atoms with Crippen LogP contribution in [0, 0.1) is 0 Å². The minimum Gasteiger partial charge on any atom is -0.496 e. The predicted octanol–water partition coefficient (Wildman–Crippen LogP) is 11.8. The van der Waals surface area contributed by atoms with E-state index in [0.717, 1.165) is 89.7 Å².